The van der Waals surface area contributed by atoms with E-state index >= 15 is 0 Å². The van der Waals surface area contributed by atoms with Crippen molar-refractivity contribution in [1.29, 1.82) is 0 Å². The van der Waals surface area contributed by atoms with Crippen molar-refractivity contribution in [1.82, 2.24) is 4.90 Å². The van der Waals surface area contributed by atoms with Crippen LogP contribution in [0.3, 0.4) is 0 Å². The van der Waals surface area contributed by atoms with Crippen molar-refractivity contribution >= 4 is 21.8 Å². The van der Waals surface area contributed by atoms with Gasteiger partial charge < -0.3 is 4.90 Å². The van der Waals surface area contributed by atoms with E-state index in [2.05, 4.69) is 15.9 Å². The second kappa shape index (κ2) is 5.30. The van der Waals surface area contributed by atoms with Crippen LogP contribution in [0.15, 0.2) is 16.7 Å². The maximum atomic E-state index is 12.0. The number of carbonyl (C=O) groups is 1. The van der Waals surface area contributed by atoms with E-state index in [0.717, 1.165) is 4.73 Å². The SMILES string of the molecule is CCN(CC)C(=O)c1cc(Br)c(C)[n+](O)c1. The van der Waals surface area contributed by atoms with Crippen molar-refractivity contribution in [3.8, 4) is 0 Å². The molecule has 0 aliphatic carbocycles. The molecule has 0 bridgehead atoms. The van der Waals surface area contributed by atoms with Crippen LogP contribution in [-0.4, -0.2) is 29.1 Å². The Kier molecular flexibility index (Phi) is 4.29. The molecular formula is C11H16BrN2O2+. The average molecular weight is 288 g/mol. The third-order valence-corrected chi connectivity index (χ3v) is 3.33. The fourth-order valence-corrected chi connectivity index (χ4v) is 1.85. The maximum absolute atomic E-state index is 12.0. The van der Waals surface area contributed by atoms with E-state index in [0.29, 0.717) is 28.8 Å². The van der Waals surface area contributed by atoms with Crippen LogP contribution < -0.4 is 4.73 Å². The number of rotatable bonds is 3. The average Bonchev–Trinajstić information content (AvgIpc) is 2.26. The van der Waals surface area contributed by atoms with Gasteiger partial charge in [-0.2, -0.15) is 0 Å². The Morgan fingerprint density at radius 1 is 1.50 bits per heavy atom. The van der Waals surface area contributed by atoms with E-state index in [-0.39, 0.29) is 5.91 Å². The highest BCUT2D eigenvalue weighted by molar-refractivity contribution is 9.10. The molecular weight excluding hydrogens is 272 g/mol. The number of halogens is 1. The lowest BCUT2D eigenvalue weighted by Gasteiger charge is -2.17. The molecule has 0 radical (unpaired) electrons. The van der Waals surface area contributed by atoms with Crippen LogP contribution in [0.1, 0.15) is 29.9 Å². The molecule has 16 heavy (non-hydrogen) atoms. The second-order valence-electron chi connectivity index (χ2n) is 3.48. The zero-order chi connectivity index (χ0) is 12.3. The van der Waals surface area contributed by atoms with E-state index in [1.54, 1.807) is 17.9 Å². The van der Waals surface area contributed by atoms with Crippen molar-refractivity contribution in [2.75, 3.05) is 13.1 Å². The van der Waals surface area contributed by atoms with E-state index in [1.165, 1.54) is 6.20 Å². The van der Waals surface area contributed by atoms with Crippen LogP contribution in [-0.2, 0) is 0 Å². The number of hydrogen-bond donors (Lipinski definition) is 1. The van der Waals surface area contributed by atoms with Gasteiger partial charge in [-0.3, -0.25) is 10.0 Å². The van der Waals surface area contributed by atoms with Gasteiger partial charge in [-0.25, -0.2) is 0 Å². The highest BCUT2D eigenvalue weighted by Gasteiger charge is 2.20. The molecule has 4 nitrogen and oxygen atoms in total. The molecule has 1 heterocycles. The molecule has 88 valence electrons. The van der Waals surface area contributed by atoms with Crippen LogP contribution in [0, 0.1) is 6.92 Å². The van der Waals surface area contributed by atoms with Gasteiger partial charge >= 0.3 is 0 Å². The number of nitrogens with zero attached hydrogens (tertiary/aromatic N) is 2. The summed E-state index contributed by atoms with van der Waals surface area (Å²) in [6.45, 7) is 6.93. The Bertz CT molecular complexity index is 380. The van der Waals surface area contributed by atoms with E-state index < -0.39 is 0 Å². The Morgan fingerprint density at radius 2 is 2.06 bits per heavy atom. The fraction of sp³-hybridized carbons (Fsp3) is 0.455. The Labute approximate surface area is 104 Å². The third kappa shape index (κ3) is 2.52. The first-order valence-corrected chi connectivity index (χ1v) is 6.00. The Morgan fingerprint density at radius 3 is 2.50 bits per heavy atom. The summed E-state index contributed by atoms with van der Waals surface area (Å²) in [6.07, 6.45) is 1.43. The molecule has 0 spiro atoms. The minimum Gasteiger partial charge on any atom is -0.339 e. The van der Waals surface area contributed by atoms with Gasteiger partial charge in [0.15, 0.2) is 0 Å². The number of carbonyl (C=O) groups excluding carboxylic acids is 1. The summed E-state index contributed by atoms with van der Waals surface area (Å²) in [7, 11) is 0. The Hall–Kier alpha value is -1.10. The van der Waals surface area contributed by atoms with Crippen LogP contribution in [0.2, 0.25) is 0 Å². The van der Waals surface area contributed by atoms with Gasteiger partial charge in [0.05, 0.1) is 4.47 Å². The van der Waals surface area contributed by atoms with Gasteiger partial charge in [-0.1, -0.05) is 0 Å². The summed E-state index contributed by atoms with van der Waals surface area (Å²) in [5.41, 5.74) is 1.14. The molecule has 1 aromatic heterocycles. The van der Waals surface area contributed by atoms with Crippen molar-refractivity contribution in [3.63, 3.8) is 0 Å². The molecule has 0 unspecified atom stereocenters. The van der Waals surface area contributed by atoms with Crippen LogP contribution in [0.4, 0.5) is 0 Å². The maximum Gasteiger partial charge on any atom is 0.260 e. The van der Waals surface area contributed by atoms with Crippen LogP contribution >= 0.6 is 15.9 Å². The largest absolute Gasteiger partial charge is 0.339 e. The summed E-state index contributed by atoms with van der Waals surface area (Å²) in [5, 5.41) is 9.57. The molecule has 1 aromatic rings. The highest BCUT2D eigenvalue weighted by atomic mass is 79.9. The predicted octanol–water partition coefficient (Wildman–Crippen LogP) is 1.76. The van der Waals surface area contributed by atoms with E-state index in [1.807, 2.05) is 13.8 Å². The summed E-state index contributed by atoms with van der Waals surface area (Å²) < 4.78 is 1.67. The van der Waals surface area contributed by atoms with Gasteiger partial charge in [0.2, 0.25) is 11.9 Å². The first kappa shape index (κ1) is 13.0. The van der Waals surface area contributed by atoms with Gasteiger partial charge in [-0.15, -0.1) is 0 Å². The quantitative estimate of drug-likeness (QED) is 0.680. The van der Waals surface area contributed by atoms with Crippen molar-refractivity contribution in [2.45, 2.75) is 20.8 Å². The van der Waals surface area contributed by atoms with Crippen molar-refractivity contribution in [2.24, 2.45) is 0 Å². The molecule has 1 N–H and O–H groups in total. The molecule has 5 heteroatoms. The summed E-state index contributed by atoms with van der Waals surface area (Å²) >= 11 is 3.31. The zero-order valence-electron chi connectivity index (χ0n) is 9.70. The van der Waals surface area contributed by atoms with E-state index in [9.17, 15) is 10.0 Å². The van der Waals surface area contributed by atoms with Gasteiger partial charge in [0.1, 0.15) is 5.56 Å². The molecule has 0 atom stereocenters. The molecule has 1 amide bonds. The minimum atomic E-state index is -0.0755. The van der Waals surface area contributed by atoms with Gasteiger partial charge in [0.25, 0.3) is 5.91 Å². The highest BCUT2D eigenvalue weighted by Crippen LogP contribution is 2.14. The molecule has 0 aliphatic heterocycles. The lowest BCUT2D eigenvalue weighted by atomic mass is 10.2. The zero-order valence-corrected chi connectivity index (χ0v) is 11.3. The normalized spacial score (nSPS) is 10.2. The molecule has 0 aromatic carbocycles. The minimum absolute atomic E-state index is 0.0755. The van der Waals surface area contributed by atoms with Gasteiger partial charge in [-0.05, 0) is 35.8 Å². The Balaban J connectivity index is 3.10. The summed E-state index contributed by atoms with van der Waals surface area (Å²) in [6, 6.07) is 1.72. The van der Waals surface area contributed by atoms with Crippen LogP contribution in [0.25, 0.3) is 0 Å². The number of aromatic nitrogens is 1. The van der Waals surface area contributed by atoms with Gasteiger partial charge in [0, 0.05) is 24.7 Å². The molecule has 0 saturated carbocycles. The molecule has 1 rings (SSSR count). The van der Waals surface area contributed by atoms with E-state index in [4.69, 9.17) is 0 Å². The lowest BCUT2D eigenvalue weighted by Crippen LogP contribution is -2.37. The summed E-state index contributed by atoms with van der Waals surface area (Å²) in [5.74, 6) is -0.0755. The first-order chi connectivity index (χ1) is 7.51. The second-order valence-corrected chi connectivity index (χ2v) is 4.34. The fourth-order valence-electron chi connectivity index (χ4n) is 1.43. The predicted molar refractivity (Wildman–Crippen MR) is 63.5 cm³/mol. The van der Waals surface area contributed by atoms with Crippen molar-refractivity contribution < 1.29 is 14.7 Å². The van der Waals surface area contributed by atoms with Crippen LogP contribution in [0.5, 0.6) is 0 Å². The molecule has 0 aliphatic rings. The standard InChI is InChI=1S/C11H16BrN2O2/c1-4-13(5-2)11(15)9-6-10(12)8(3)14(16)7-9/h6-7,16H,4-5H2,1-3H3/q+1. The monoisotopic (exact) mass is 287 g/mol. The topological polar surface area (TPSA) is 44.4 Å². The first-order valence-electron chi connectivity index (χ1n) is 5.21. The third-order valence-electron chi connectivity index (χ3n) is 2.53. The smallest absolute Gasteiger partial charge is 0.260 e. The molecule has 0 fully saturated rings. The number of pyridine rings is 1. The summed E-state index contributed by atoms with van der Waals surface area (Å²) in [4.78, 5) is 13.7. The molecule has 0 saturated heterocycles. The number of amides is 1. The van der Waals surface area contributed by atoms with Crippen molar-refractivity contribution in [3.05, 3.63) is 28.0 Å². The lowest BCUT2D eigenvalue weighted by molar-refractivity contribution is -0.909. The number of hydrogen-bond acceptors (Lipinski definition) is 2.